The molecule has 0 fully saturated rings. The van der Waals surface area contributed by atoms with Crippen LogP contribution >= 0.6 is 0 Å². The van der Waals surface area contributed by atoms with Gasteiger partial charge in [-0.1, -0.05) is 36.4 Å². The minimum absolute atomic E-state index is 0.419. The topological polar surface area (TPSA) is 156 Å². The third-order valence-corrected chi connectivity index (χ3v) is 4.84. The summed E-state index contributed by atoms with van der Waals surface area (Å²) in [5.41, 5.74) is 2.03. The van der Waals surface area contributed by atoms with Gasteiger partial charge in [0.25, 0.3) is 0 Å². The van der Waals surface area contributed by atoms with Crippen LogP contribution in [0.2, 0.25) is 0 Å². The molecule has 0 amide bonds. The number of aromatic nitrogens is 9. The molecule has 3 unspecified atom stereocenters. The second-order valence-electron chi connectivity index (χ2n) is 7.38. The van der Waals surface area contributed by atoms with E-state index in [2.05, 4.69) is 30.9 Å². The molecule has 0 bridgehead atoms. The maximum absolute atomic E-state index is 9.96. The normalized spacial score (nSPS) is 14.8. The summed E-state index contributed by atoms with van der Waals surface area (Å²) in [5, 5.41) is 54.3. The third-order valence-electron chi connectivity index (χ3n) is 4.84. The number of hydrogen-bond acceptors (Lipinski definition) is 10. The van der Waals surface area contributed by atoms with E-state index in [9.17, 15) is 15.3 Å². The van der Waals surface area contributed by atoms with Crippen molar-refractivity contribution in [3.63, 3.8) is 0 Å². The van der Waals surface area contributed by atoms with Crippen molar-refractivity contribution in [2.75, 3.05) is 0 Å². The van der Waals surface area contributed by atoms with Crippen molar-refractivity contribution >= 4 is 0 Å². The molecule has 0 aliphatic heterocycles. The third kappa shape index (κ3) is 5.91. The van der Waals surface area contributed by atoms with Crippen LogP contribution in [-0.4, -0.2) is 65.2 Å². The Labute approximate surface area is 179 Å². The molecule has 13 nitrogen and oxygen atoms in total. The molecule has 3 N–H and O–H groups in total. The summed E-state index contributed by atoms with van der Waals surface area (Å²) in [7, 11) is 0. The minimum Gasteiger partial charge on any atom is -0.372 e. The fourth-order valence-corrected chi connectivity index (χ4v) is 3.01. The van der Waals surface area contributed by atoms with Gasteiger partial charge in [-0.2, -0.15) is 0 Å². The Morgan fingerprint density at radius 3 is 1.19 bits per heavy atom. The highest BCUT2D eigenvalue weighted by Crippen LogP contribution is 2.14. The van der Waals surface area contributed by atoms with Crippen LogP contribution in [0.1, 0.15) is 75.8 Å². The molecule has 3 atom stereocenters. The Hall–Kier alpha value is -2.74. The number of hydrogen-bond donors (Lipinski definition) is 3. The monoisotopic (exact) mass is 434 g/mol. The zero-order valence-electron chi connectivity index (χ0n) is 18.0. The van der Waals surface area contributed by atoms with E-state index in [1.165, 1.54) is 14.0 Å². The first-order valence-electron chi connectivity index (χ1n) is 10.4. The van der Waals surface area contributed by atoms with Crippen LogP contribution in [0.25, 0.3) is 0 Å². The highest BCUT2D eigenvalue weighted by molar-refractivity contribution is 5.00. The van der Waals surface area contributed by atoms with Crippen LogP contribution in [0.5, 0.6) is 0 Å². The van der Waals surface area contributed by atoms with Crippen molar-refractivity contribution < 1.29 is 15.3 Å². The van der Waals surface area contributed by atoms with E-state index < -0.39 is 18.7 Å². The van der Waals surface area contributed by atoms with E-state index in [-0.39, 0.29) is 0 Å². The Bertz CT molecular complexity index is 819. The predicted molar refractivity (Wildman–Crippen MR) is 108 cm³/mol. The van der Waals surface area contributed by atoms with E-state index in [1.54, 1.807) is 18.6 Å². The van der Waals surface area contributed by atoms with Crippen LogP contribution in [0, 0.1) is 0 Å². The largest absolute Gasteiger partial charge is 0.372 e. The standard InChI is InChI=1S/C18H30N10O3/c1-4-16(29)26-10-13(19-22-26)7-25(8-14-11-27(23-20-14)17(30)5-2)9-15-12-28(24-21-15)18(31)6-3/h10-12,16-18,29-31H,4-9H2,1-3H3. The van der Waals surface area contributed by atoms with Gasteiger partial charge in [0.05, 0.1) is 35.7 Å². The van der Waals surface area contributed by atoms with Gasteiger partial charge >= 0.3 is 0 Å². The van der Waals surface area contributed by atoms with E-state index in [1.807, 2.05) is 25.7 Å². The van der Waals surface area contributed by atoms with E-state index in [4.69, 9.17) is 0 Å². The fourth-order valence-electron chi connectivity index (χ4n) is 3.01. The zero-order chi connectivity index (χ0) is 22.4. The smallest absolute Gasteiger partial charge is 0.148 e. The van der Waals surface area contributed by atoms with Gasteiger partial charge in [0.2, 0.25) is 0 Å². The number of aliphatic hydroxyl groups is 3. The second-order valence-corrected chi connectivity index (χ2v) is 7.38. The zero-order valence-corrected chi connectivity index (χ0v) is 18.0. The molecule has 0 spiro atoms. The summed E-state index contributed by atoms with van der Waals surface area (Å²) in [6, 6.07) is 0. The maximum Gasteiger partial charge on any atom is 0.148 e. The average Bonchev–Trinajstić information content (AvgIpc) is 3.53. The van der Waals surface area contributed by atoms with Crippen LogP contribution in [0.15, 0.2) is 18.6 Å². The maximum atomic E-state index is 9.96. The number of nitrogens with zero attached hydrogens (tertiary/aromatic N) is 10. The molecule has 3 heterocycles. The van der Waals surface area contributed by atoms with Gasteiger partial charge in [0.15, 0.2) is 0 Å². The van der Waals surface area contributed by atoms with Gasteiger partial charge in [-0.25, -0.2) is 14.0 Å². The first-order valence-corrected chi connectivity index (χ1v) is 10.4. The molecule has 0 saturated heterocycles. The molecule has 0 aromatic carbocycles. The molecule has 13 heteroatoms. The molecular formula is C18H30N10O3. The highest BCUT2D eigenvalue weighted by atomic mass is 16.3. The summed E-state index contributed by atoms with van der Waals surface area (Å²) < 4.78 is 4.28. The average molecular weight is 435 g/mol. The lowest BCUT2D eigenvalue weighted by Crippen LogP contribution is -2.23. The van der Waals surface area contributed by atoms with Crippen molar-refractivity contribution in [1.82, 2.24) is 49.9 Å². The Balaban J connectivity index is 1.76. The number of aliphatic hydroxyl groups excluding tert-OH is 3. The Kier molecular flexibility index (Phi) is 7.79. The summed E-state index contributed by atoms with van der Waals surface area (Å²) in [4.78, 5) is 2.02. The molecule has 31 heavy (non-hydrogen) atoms. The van der Waals surface area contributed by atoms with Gasteiger partial charge in [0, 0.05) is 19.6 Å². The van der Waals surface area contributed by atoms with Crippen molar-refractivity contribution in [1.29, 1.82) is 0 Å². The first kappa shape index (κ1) is 22.9. The SMILES string of the molecule is CCC(O)n1cc(CN(Cc2cn(C(O)CC)nn2)Cc2cn(C(O)CC)nn2)nn1. The lowest BCUT2D eigenvalue weighted by Gasteiger charge is -2.18. The Morgan fingerprint density at radius 1 is 0.645 bits per heavy atom. The predicted octanol–water partition coefficient (Wildman–Crippen LogP) is 0.366. The van der Waals surface area contributed by atoms with E-state index in [0.717, 1.165) is 0 Å². The van der Waals surface area contributed by atoms with Gasteiger partial charge in [0.1, 0.15) is 18.7 Å². The molecular weight excluding hydrogens is 404 g/mol. The van der Waals surface area contributed by atoms with E-state index in [0.29, 0.717) is 56.0 Å². The summed E-state index contributed by atoms with van der Waals surface area (Å²) in [6.45, 7) is 6.84. The van der Waals surface area contributed by atoms with Gasteiger partial charge in [-0.3, -0.25) is 4.90 Å². The van der Waals surface area contributed by atoms with Gasteiger partial charge in [-0.05, 0) is 19.3 Å². The van der Waals surface area contributed by atoms with Crippen molar-refractivity contribution in [2.45, 2.75) is 78.4 Å². The van der Waals surface area contributed by atoms with Crippen LogP contribution < -0.4 is 0 Å². The lowest BCUT2D eigenvalue weighted by molar-refractivity contribution is 0.0844. The quantitative estimate of drug-likeness (QED) is 0.364. The van der Waals surface area contributed by atoms with Crippen molar-refractivity contribution in [2.24, 2.45) is 0 Å². The molecule has 3 rings (SSSR count). The molecule has 170 valence electrons. The van der Waals surface area contributed by atoms with E-state index >= 15 is 0 Å². The second kappa shape index (κ2) is 10.5. The molecule has 3 aromatic heterocycles. The Morgan fingerprint density at radius 2 is 0.935 bits per heavy atom. The molecule has 0 aliphatic carbocycles. The van der Waals surface area contributed by atoms with Crippen molar-refractivity contribution in [3.05, 3.63) is 35.7 Å². The van der Waals surface area contributed by atoms with Crippen LogP contribution in [0.4, 0.5) is 0 Å². The summed E-state index contributed by atoms with van der Waals surface area (Å²) in [5.74, 6) is 0. The van der Waals surface area contributed by atoms with Crippen LogP contribution in [0.3, 0.4) is 0 Å². The molecule has 0 radical (unpaired) electrons. The highest BCUT2D eigenvalue weighted by Gasteiger charge is 2.17. The van der Waals surface area contributed by atoms with Crippen LogP contribution in [-0.2, 0) is 19.6 Å². The molecule has 0 saturated carbocycles. The van der Waals surface area contributed by atoms with Gasteiger partial charge < -0.3 is 15.3 Å². The summed E-state index contributed by atoms with van der Waals surface area (Å²) >= 11 is 0. The molecule has 0 aliphatic rings. The lowest BCUT2D eigenvalue weighted by atomic mass is 10.3. The first-order chi connectivity index (χ1) is 14.9. The van der Waals surface area contributed by atoms with Gasteiger partial charge in [-0.15, -0.1) is 15.3 Å². The minimum atomic E-state index is -0.722. The fraction of sp³-hybridized carbons (Fsp3) is 0.667. The molecule has 3 aromatic rings. The number of rotatable bonds is 12. The van der Waals surface area contributed by atoms with Crippen molar-refractivity contribution in [3.8, 4) is 0 Å². The summed E-state index contributed by atoms with van der Waals surface area (Å²) in [6.07, 6.45) is 4.53.